The molecule has 2 aromatic carbocycles. The highest BCUT2D eigenvalue weighted by molar-refractivity contribution is 5.74. The van der Waals surface area contributed by atoms with Gasteiger partial charge in [-0.2, -0.15) is 0 Å². The highest BCUT2D eigenvalue weighted by Crippen LogP contribution is 2.46. The molecule has 0 bridgehead atoms. The molecular weight excluding hydrogens is 332 g/mol. The van der Waals surface area contributed by atoms with Crippen LogP contribution in [-0.4, -0.2) is 12.9 Å². The normalized spacial score (nSPS) is 17.9. The zero-order valence-electron chi connectivity index (χ0n) is 17.6. The molecule has 0 N–H and O–H groups in total. The van der Waals surface area contributed by atoms with Gasteiger partial charge in [0.05, 0.1) is 6.61 Å². The third-order valence-corrected chi connectivity index (χ3v) is 6.25. The molecule has 0 aliphatic heterocycles. The number of carbonyl (C=O) groups excluding carboxylic acids is 1. The van der Waals surface area contributed by atoms with E-state index in [1.807, 2.05) is 12.1 Å². The van der Waals surface area contributed by atoms with E-state index in [9.17, 15) is 4.79 Å². The Hall–Kier alpha value is -2.09. The van der Waals surface area contributed by atoms with Crippen LogP contribution >= 0.6 is 0 Å². The summed E-state index contributed by atoms with van der Waals surface area (Å²) in [6.45, 7) is 14.5. The molecular formula is C25H32O2. The van der Waals surface area contributed by atoms with Crippen LogP contribution in [0.3, 0.4) is 0 Å². The van der Waals surface area contributed by atoms with Crippen LogP contribution in [0.25, 0.3) is 0 Å². The molecule has 0 saturated carbocycles. The van der Waals surface area contributed by atoms with Gasteiger partial charge >= 0.3 is 0 Å². The summed E-state index contributed by atoms with van der Waals surface area (Å²) in [5.41, 5.74) is 5.31. The highest BCUT2D eigenvalue weighted by atomic mass is 16.5. The molecule has 144 valence electrons. The summed E-state index contributed by atoms with van der Waals surface area (Å²) in [6.07, 6.45) is 3.30. The van der Waals surface area contributed by atoms with Crippen molar-refractivity contribution in [3.63, 3.8) is 0 Å². The number of rotatable bonds is 5. The Morgan fingerprint density at radius 1 is 0.926 bits per heavy atom. The van der Waals surface area contributed by atoms with Gasteiger partial charge in [0.15, 0.2) is 0 Å². The molecule has 27 heavy (non-hydrogen) atoms. The van der Waals surface area contributed by atoms with Crippen molar-refractivity contribution in [2.24, 2.45) is 0 Å². The molecule has 0 spiro atoms. The van der Waals surface area contributed by atoms with E-state index in [2.05, 4.69) is 59.7 Å². The molecule has 0 atom stereocenters. The quantitative estimate of drug-likeness (QED) is 0.590. The van der Waals surface area contributed by atoms with E-state index in [-0.39, 0.29) is 16.2 Å². The van der Waals surface area contributed by atoms with Gasteiger partial charge in [-0.05, 0) is 64.6 Å². The summed E-state index contributed by atoms with van der Waals surface area (Å²) in [7, 11) is 0. The Balaban J connectivity index is 1.85. The standard InChI is InChI=1S/C25H32O2/c1-23(2)13-14-24(3,4)22-15-19(9-12-21(22)23)25(5,6)17-27-20-10-7-18(16-26)8-11-20/h7-12,15-16H,13-14,17H2,1-6H3. The molecule has 0 fully saturated rings. The van der Waals surface area contributed by atoms with E-state index in [4.69, 9.17) is 4.74 Å². The SMILES string of the molecule is CC(C)(COc1ccc(C=O)cc1)c1ccc2c(c1)C(C)(C)CCC2(C)C. The van der Waals surface area contributed by atoms with Gasteiger partial charge in [-0.1, -0.05) is 59.7 Å². The van der Waals surface area contributed by atoms with Crippen molar-refractivity contribution >= 4 is 6.29 Å². The first-order valence-corrected chi connectivity index (χ1v) is 9.89. The molecule has 2 heteroatoms. The molecule has 0 amide bonds. The zero-order chi connectivity index (χ0) is 19.9. The fourth-order valence-electron chi connectivity index (χ4n) is 4.00. The fourth-order valence-corrected chi connectivity index (χ4v) is 4.00. The van der Waals surface area contributed by atoms with Crippen molar-refractivity contribution in [3.8, 4) is 5.75 Å². The highest BCUT2D eigenvalue weighted by Gasteiger charge is 2.38. The summed E-state index contributed by atoms with van der Waals surface area (Å²) in [5.74, 6) is 0.799. The maximum atomic E-state index is 10.8. The number of hydrogen-bond donors (Lipinski definition) is 0. The van der Waals surface area contributed by atoms with Gasteiger partial charge in [-0.3, -0.25) is 4.79 Å². The third-order valence-electron chi connectivity index (χ3n) is 6.25. The van der Waals surface area contributed by atoms with Crippen LogP contribution in [-0.2, 0) is 16.2 Å². The summed E-state index contributed by atoms with van der Waals surface area (Å²) in [5, 5.41) is 0. The van der Waals surface area contributed by atoms with Crippen LogP contribution in [0.5, 0.6) is 5.75 Å². The van der Waals surface area contributed by atoms with Crippen molar-refractivity contribution in [2.75, 3.05) is 6.61 Å². The van der Waals surface area contributed by atoms with Crippen molar-refractivity contribution in [1.29, 1.82) is 0 Å². The Labute approximate surface area is 164 Å². The Morgan fingerprint density at radius 2 is 1.52 bits per heavy atom. The van der Waals surface area contributed by atoms with Gasteiger partial charge < -0.3 is 4.74 Å². The number of aldehydes is 1. The zero-order valence-corrected chi connectivity index (χ0v) is 17.6. The second-order valence-electron chi connectivity index (χ2n) is 9.89. The summed E-state index contributed by atoms with van der Waals surface area (Å²) >= 11 is 0. The van der Waals surface area contributed by atoms with Gasteiger partial charge in [0, 0.05) is 11.0 Å². The minimum Gasteiger partial charge on any atom is -0.493 e. The van der Waals surface area contributed by atoms with Gasteiger partial charge in [0.2, 0.25) is 0 Å². The van der Waals surface area contributed by atoms with Crippen LogP contribution in [0.2, 0.25) is 0 Å². The molecule has 1 aliphatic carbocycles. The largest absolute Gasteiger partial charge is 0.493 e. The van der Waals surface area contributed by atoms with E-state index in [1.54, 1.807) is 12.1 Å². The minimum absolute atomic E-state index is 0.101. The lowest BCUT2D eigenvalue weighted by atomic mass is 9.62. The van der Waals surface area contributed by atoms with Crippen LogP contribution in [0.4, 0.5) is 0 Å². The molecule has 2 aromatic rings. The maximum Gasteiger partial charge on any atom is 0.150 e. The van der Waals surface area contributed by atoms with Crippen LogP contribution in [0.1, 0.15) is 81.4 Å². The lowest BCUT2D eigenvalue weighted by molar-refractivity contribution is 0.112. The second kappa shape index (κ2) is 6.82. The lowest BCUT2D eigenvalue weighted by Gasteiger charge is -2.42. The first kappa shape index (κ1) is 19.7. The van der Waals surface area contributed by atoms with Gasteiger partial charge in [0.25, 0.3) is 0 Å². The Bertz CT molecular complexity index is 826. The van der Waals surface area contributed by atoms with Gasteiger partial charge in [0.1, 0.15) is 12.0 Å². The molecule has 0 aromatic heterocycles. The summed E-state index contributed by atoms with van der Waals surface area (Å²) < 4.78 is 6.05. The van der Waals surface area contributed by atoms with E-state index in [0.717, 1.165) is 12.0 Å². The Kier molecular flexibility index (Phi) is 4.96. The molecule has 0 saturated heterocycles. The average Bonchev–Trinajstić information content (AvgIpc) is 2.64. The van der Waals surface area contributed by atoms with Crippen LogP contribution < -0.4 is 4.74 Å². The molecule has 0 unspecified atom stereocenters. The van der Waals surface area contributed by atoms with Gasteiger partial charge in [-0.15, -0.1) is 0 Å². The minimum atomic E-state index is -0.101. The van der Waals surface area contributed by atoms with Crippen molar-refractivity contribution in [3.05, 3.63) is 64.7 Å². The van der Waals surface area contributed by atoms with E-state index >= 15 is 0 Å². The van der Waals surface area contributed by atoms with Crippen molar-refractivity contribution in [2.45, 2.75) is 70.6 Å². The predicted octanol–water partition coefficient (Wildman–Crippen LogP) is 6.20. The molecule has 2 nitrogen and oxygen atoms in total. The second-order valence-corrected chi connectivity index (χ2v) is 9.89. The first-order valence-electron chi connectivity index (χ1n) is 9.89. The number of fused-ring (bicyclic) bond motifs is 1. The Morgan fingerprint density at radius 3 is 2.11 bits per heavy atom. The summed E-state index contributed by atoms with van der Waals surface area (Å²) in [4.78, 5) is 10.8. The predicted molar refractivity (Wildman–Crippen MR) is 112 cm³/mol. The molecule has 0 heterocycles. The van der Waals surface area contributed by atoms with Crippen molar-refractivity contribution < 1.29 is 9.53 Å². The maximum absolute atomic E-state index is 10.8. The molecule has 0 radical (unpaired) electrons. The van der Waals surface area contributed by atoms with Crippen molar-refractivity contribution in [1.82, 2.24) is 0 Å². The van der Waals surface area contributed by atoms with Crippen LogP contribution in [0, 0.1) is 0 Å². The third kappa shape index (κ3) is 3.95. The van der Waals surface area contributed by atoms with E-state index < -0.39 is 0 Å². The topological polar surface area (TPSA) is 26.3 Å². The molecule has 1 aliphatic rings. The smallest absolute Gasteiger partial charge is 0.150 e. The number of benzene rings is 2. The van der Waals surface area contributed by atoms with E-state index in [1.165, 1.54) is 29.5 Å². The number of carbonyl (C=O) groups is 1. The monoisotopic (exact) mass is 364 g/mol. The first-order chi connectivity index (χ1) is 12.5. The average molecular weight is 365 g/mol. The van der Waals surface area contributed by atoms with E-state index in [0.29, 0.717) is 12.2 Å². The number of hydrogen-bond acceptors (Lipinski definition) is 2. The fraction of sp³-hybridized carbons (Fsp3) is 0.480. The number of ether oxygens (including phenoxy) is 1. The summed E-state index contributed by atoms with van der Waals surface area (Å²) in [6, 6.07) is 14.3. The molecule has 3 rings (SSSR count). The lowest BCUT2D eigenvalue weighted by Crippen LogP contribution is -2.35. The van der Waals surface area contributed by atoms with Gasteiger partial charge in [-0.25, -0.2) is 0 Å². The van der Waals surface area contributed by atoms with Crippen LogP contribution in [0.15, 0.2) is 42.5 Å².